The van der Waals surface area contributed by atoms with E-state index in [4.69, 9.17) is 0 Å². The smallest absolute Gasteiger partial charge is 0.319 e. The summed E-state index contributed by atoms with van der Waals surface area (Å²) in [7, 11) is 0. The van der Waals surface area contributed by atoms with Gasteiger partial charge in [0.1, 0.15) is 5.01 Å². The molecule has 0 spiro atoms. The Hall–Kier alpha value is -2.48. The van der Waals surface area contributed by atoms with E-state index in [9.17, 15) is 14.9 Å². The van der Waals surface area contributed by atoms with Crippen LogP contribution in [-0.4, -0.2) is 15.9 Å². The summed E-state index contributed by atoms with van der Waals surface area (Å²) in [6.07, 6.45) is 1.68. The first-order valence-corrected chi connectivity index (χ1v) is 7.07. The van der Waals surface area contributed by atoms with Crippen LogP contribution in [0, 0.1) is 17.0 Å². The van der Waals surface area contributed by atoms with Crippen molar-refractivity contribution in [3.63, 3.8) is 0 Å². The van der Waals surface area contributed by atoms with Crippen LogP contribution in [0.4, 0.5) is 16.2 Å². The van der Waals surface area contributed by atoms with Gasteiger partial charge in [-0.2, -0.15) is 0 Å². The van der Waals surface area contributed by atoms with E-state index in [0.29, 0.717) is 11.3 Å². The van der Waals surface area contributed by atoms with Gasteiger partial charge in [0, 0.05) is 29.4 Å². The van der Waals surface area contributed by atoms with Gasteiger partial charge < -0.3 is 10.6 Å². The van der Waals surface area contributed by atoms with Crippen molar-refractivity contribution in [2.75, 3.05) is 5.32 Å². The normalized spacial score (nSPS) is 11.7. The van der Waals surface area contributed by atoms with E-state index in [2.05, 4.69) is 15.6 Å². The van der Waals surface area contributed by atoms with Crippen molar-refractivity contribution >= 4 is 28.7 Å². The maximum Gasteiger partial charge on any atom is 0.319 e. The quantitative estimate of drug-likeness (QED) is 0.669. The first-order chi connectivity index (χ1) is 9.97. The van der Waals surface area contributed by atoms with E-state index in [1.54, 1.807) is 13.1 Å². The van der Waals surface area contributed by atoms with Crippen LogP contribution in [0.3, 0.4) is 0 Å². The lowest BCUT2D eigenvalue weighted by atomic mass is 10.2. The maximum atomic E-state index is 11.9. The monoisotopic (exact) mass is 306 g/mol. The van der Waals surface area contributed by atoms with Crippen molar-refractivity contribution in [1.29, 1.82) is 0 Å². The topological polar surface area (TPSA) is 97.2 Å². The highest BCUT2D eigenvalue weighted by Gasteiger charge is 2.13. The summed E-state index contributed by atoms with van der Waals surface area (Å²) in [5.74, 6) is 0. The number of carbonyl (C=O) groups excluding carboxylic acids is 1. The van der Waals surface area contributed by atoms with Crippen LogP contribution in [0.1, 0.15) is 23.5 Å². The van der Waals surface area contributed by atoms with E-state index in [1.165, 1.54) is 29.5 Å². The zero-order valence-corrected chi connectivity index (χ0v) is 12.3. The molecule has 8 heteroatoms. The number of nitrogens with zero attached hydrogens (tertiary/aromatic N) is 2. The molecule has 21 heavy (non-hydrogen) atoms. The third-order valence-electron chi connectivity index (χ3n) is 2.84. The molecule has 0 saturated heterocycles. The van der Waals surface area contributed by atoms with Gasteiger partial charge in [-0.25, -0.2) is 9.78 Å². The number of non-ortho nitro benzene ring substituents is 1. The summed E-state index contributed by atoms with van der Waals surface area (Å²) >= 11 is 1.46. The van der Waals surface area contributed by atoms with Crippen molar-refractivity contribution in [1.82, 2.24) is 10.3 Å². The molecule has 0 fully saturated rings. The number of benzene rings is 1. The van der Waals surface area contributed by atoms with Crippen LogP contribution < -0.4 is 10.6 Å². The Morgan fingerprint density at radius 1 is 1.48 bits per heavy atom. The molecule has 2 N–H and O–H groups in total. The number of nitrogens with one attached hydrogen (secondary N) is 2. The highest BCUT2D eigenvalue weighted by Crippen LogP contribution is 2.21. The lowest BCUT2D eigenvalue weighted by Gasteiger charge is -2.13. The number of nitro benzene ring substituents is 1. The summed E-state index contributed by atoms with van der Waals surface area (Å²) in [5.41, 5.74) is 1.15. The fourth-order valence-corrected chi connectivity index (χ4v) is 2.41. The van der Waals surface area contributed by atoms with Crippen LogP contribution in [0.5, 0.6) is 0 Å². The van der Waals surface area contributed by atoms with Gasteiger partial charge in [-0.15, -0.1) is 11.3 Å². The molecule has 0 unspecified atom stereocenters. The van der Waals surface area contributed by atoms with Crippen molar-refractivity contribution in [2.45, 2.75) is 19.9 Å². The number of rotatable bonds is 4. The Bertz CT molecular complexity index is 657. The number of urea groups is 1. The third-order valence-corrected chi connectivity index (χ3v) is 3.80. The molecule has 0 bridgehead atoms. The number of hydrogen-bond donors (Lipinski definition) is 2. The van der Waals surface area contributed by atoms with Crippen LogP contribution in [0.25, 0.3) is 0 Å². The standard InChI is InChI=1S/C13H14N4O3S/c1-8-7-10(17(19)20)3-4-11(8)16-13(18)15-9(2)12-14-5-6-21-12/h3-7,9H,1-2H3,(H2,15,16,18)/t9-/m1/s1. The molecule has 1 heterocycles. The highest BCUT2D eigenvalue weighted by molar-refractivity contribution is 7.09. The number of carbonyl (C=O) groups is 1. The van der Waals surface area contributed by atoms with Crippen LogP contribution >= 0.6 is 11.3 Å². The minimum atomic E-state index is -0.471. The molecule has 1 aromatic carbocycles. The lowest BCUT2D eigenvalue weighted by Crippen LogP contribution is -2.31. The summed E-state index contributed by atoms with van der Waals surface area (Å²) < 4.78 is 0. The van der Waals surface area contributed by atoms with Gasteiger partial charge >= 0.3 is 6.03 Å². The summed E-state index contributed by atoms with van der Waals surface area (Å²) in [6.45, 7) is 3.54. The number of aromatic nitrogens is 1. The van der Waals surface area contributed by atoms with Gasteiger partial charge in [-0.3, -0.25) is 10.1 Å². The Labute approximate surface area is 125 Å². The van der Waals surface area contributed by atoms with Crippen LogP contribution in [-0.2, 0) is 0 Å². The molecule has 1 atom stereocenters. The predicted molar refractivity (Wildman–Crippen MR) is 80.5 cm³/mol. The average molecular weight is 306 g/mol. The van der Waals surface area contributed by atoms with Gasteiger partial charge in [0.2, 0.25) is 0 Å². The van der Waals surface area contributed by atoms with Crippen molar-refractivity contribution in [3.8, 4) is 0 Å². The SMILES string of the molecule is Cc1cc([N+](=O)[O-])ccc1NC(=O)N[C@H](C)c1nccs1. The molecule has 2 rings (SSSR count). The number of hydrogen-bond acceptors (Lipinski definition) is 5. The summed E-state index contributed by atoms with van der Waals surface area (Å²) in [4.78, 5) is 26.2. The number of anilines is 1. The first-order valence-electron chi connectivity index (χ1n) is 6.19. The molecule has 2 aromatic rings. The van der Waals surface area contributed by atoms with Crippen molar-refractivity contribution in [3.05, 3.63) is 50.5 Å². The average Bonchev–Trinajstić information content (AvgIpc) is 2.94. The second kappa shape index (κ2) is 6.31. The molecule has 2 amide bonds. The van der Waals surface area contributed by atoms with E-state index >= 15 is 0 Å². The number of thiazole rings is 1. The summed E-state index contributed by atoms with van der Waals surface area (Å²) in [5, 5.41) is 18.7. The van der Waals surface area contributed by atoms with Gasteiger partial charge in [0.05, 0.1) is 11.0 Å². The Balaban J connectivity index is 2.01. The minimum absolute atomic E-state index is 0.00499. The molecular weight excluding hydrogens is 292 g/mol. The molecular formula is C13H14N4O3S. The van der Waals surface area contributed by atoms with Gasteiger partial charge in [-0.05, 0) is 25.5 Å². The highest BCUT2D eigenvalue weighted by atomic mass is 32.1. The largest absolute Gasteiger partial charge is 0.329 e. The number of aryl methyl sites for hydroxylation is 1. The first kappa shape index (κ1) is 14.9. The molecule has 110 valence electrons. The maximum absolute atomic E-state index is 11.9. The Morgan fingerprint density at radius 2 is 2.24 bits per heavy atom. The zero-order chi connectivity index (χ0) is 15.4. The summed E-state index contributed by atoms with van der Waals surface area (Å²) in [6, 6.07) is 3.70. The van der Waals surface area contributed by atoms with E-state index in [0.717, 1.165) is 5.01 Å². The molecule has 0 aliphatic rings. The van der Waals surface area contributed by atoms with E-state index < -0.39 is 4.92 Å². The van der Waals surface area contributed by atoms with Crippen LogP contribution in [0.15, 0.2) is 29.8 Å². The molecule has 0 saturated carbocycles. The number of amides is 2. The molecule has 0 aliphatic heterocycles. The second-order valence-electron chi connectivity index (χ2n) is 4.45. The van der Waals surface area contributed by atoms with Gasteiger partial charge in [0.25, 0.3) is 5.69 Å². The fourth-order valence-electron chi connectivity index (χ4n) is 1.77. The zero-order valence-electron chi connectivity index (χ0n) is 11.5. The predicted octanol–water partition coefficient (Wildman–Crippen LogP) is 3.24. The molecule has 7 nitrogen and oxygen atoms in total. The minimum Gasteiger partial charge on any atom is -0.329 e. The number of nitro groups is 1. The van der Waals surface area contributed by atoms with Gasteiger partial charge in [-0.1, -0.05) is 0 Å². The van der Waals surface area contributed by atoms with Gasteiger partial charge in [0.15, 0.2) is 0 Å². The fraction of sp³-hybridized carbons (Fsp3) is 0.231. The van der Waals surface area contributed by atoms with E-state index in [-0.39, 0.29) is 17.8 Å². The third kappa shape index (κ3) is 3.76. The Kier molecular flexibility index (Phi) is 4.49. The van der Waals surface area contributed by atoms with Crippen molar-refractivity contribution in [2.24, 2.45) is 0 Å². The molecule has 1 aromatic heterocycles. The Morgan fingerprint density at radius 3 is 2.81 bits per heavy atom. The molecule has 0 aliphatic carbocycles. The lowest BCUT2D eigenvalue weighted by molar-refractivity contribution is -0.384. The second-order valence-corrected chi connectivity index (χ2v) is 5.37. The van der Waals surface area contributed by atoms with Crippen LogP contribution in [0.2, 0.25) is 0 Å². The van der Waals surface area contributed by atoms with E-state index in [1.807, 2.05) is 12.3 Å². The van der Waals surface area contributed by atoms with Crippen molar-refractivity contribution < 1.29 is 9.72 Å². The molecule has 0 radical (unpaired) electrons.